The van der Waals surface area contributed by atoms with Gasteiger partial charge in [0.1, 0.15) is 11.8 Å². The van der Waals surface area contributed by atoms with Crippen molar-refractivity contribution in [1.82, 2.24) is 4.57 Å². The quantitative estimate of drug-likeness (QED) is 0.663. The molecule has 0 aliphatic heterocycles. The van der Waals surface area contributed by atoms with Crippen molar-refractivity contribution in [3.05, 3.63) is 71.5 Å². The van der Waals surface area contributed by atoms with Gasteiger partial charge in [0.05, 0.1) is 36.7 Å². The van der Waals surface area contributed by atoms with E-state index in [-0.39, 0.29) is 16.9 Å². The standard InChI is InChI=1S/C21H17N3O5/c1-27-20(25)13-6-5-7-15(10-13)29-17-9-4-3-8-16(17)24-12-14(11-22)18(23)19(24)21(26)28-2/h3-10,12H,23H2,1-2H3. The first-order chi connectivity index (χ1) is 14.0. The molecule has 8 nitrogen and oxygen atoms in total. The first kappa shape index (κ1) is 19.5. The number of nitrogens with zero attached hydrogens (tertiary/aromatic N) is 2. The molecule has 1 aromatic heterocycles. The fourth-order valence-corrected chi connectivity index (χ4v) is 2.78. The maximum Gasteiger partial charge on any atom is 0.357 e. The zero-order chi connectivity index (χ0) is 21.0. The number of para-hydroxylation sites is 2. The van der Waals surface area contributed by atoms with Crippen LogP contribution in [-0.4, -0.2) is 30.7 Å². The van der Waals surface area contributed by atoms with Crippen molar-refractivity contribution in [3.63, 3.8) is 0 Å². The third kappa shape index (κ3) is 3.75. The molecule has 8 heteroatoms. The highest BCUT2D eigenvalue weighted by atomic mass is 16.5. The molecule has 3 rings (SSSR count). The molecule has 0 saturated heterocycles. The summed E-state index contributed by atoms with van der Waals surface area (Å²) in [4.78, 5) is 24.0. The molecule has 1 heterocycles. The SMILES string of the molecule is COC(=O)c1cccc(Oc2ccccc2-n2cc(C#N)c(N)c2C(=O)OC)c1. The van der Waals surface area contributed by atoms with E-state index in [1.807, 2.05) is 6.07 Å². The second kappa shape index (κ2) is 8.19. The van der Waals surface area contributed by atoms with E-state index in [4.69, 9.17) is 19.9 Å². The molecule has 0 unspecified atom stereocenters. The van der Waals surface area contributed by atoms with Gasteiger partial charge in [0.2, 0.25) is 0 Å². The molecule has 0 fully saturated rings. The lowest BCUT2D eigenvalue weighted by Gasteiger charge is -2.14. The third-order valence-corrected chi connectivity index (χ3v) is 4.15. The van der Waals surface area contributed by atoms with Crippen molar-refractivity contribution < 1.29 is 23.8 Å². The number of esters is 2. The van der Waals surface area contributed by atoms with E-state index in [1.54, 1.807) is 42.5 Å². The van der Waals surface area contributed by atoms with E-state index in [9.17, 15) is 14.9 Å². The number of nitrogen functional groups attached to an aromatic ring is 1. The van der Waals surface area contributed by atoms with Crippen LogP contribution >= 0.6 is 0 Å². The highest BCUT2D eigenvalue weighted by molar-refractivity contribution is 5.96. The first-order valence-corrected chi connectivity index (χ1v) is 8.45. The van der Waals surface area contributed by atoms with Gasteiger partial charge in [-0.2, -0.15) is 5.26 Å². The van der Waals surface area contributed by atoms with Crippen LogP contribution in [0, 0.1) is 11.3 Å². The number of nitrogens with two attached hydrogens (primary N) is 1. The number of carbonyl (C=O) groups is 2. The van der Waals surface area contributed by atoms with Crippen LogP contribution in [0.25, 0.3) is 5.69 Å². The van der Waals surface area contributed by atoms with E-state index in [2.05, 4.69) is 0 Å². The second-order valence-corrected chi connectivity index (χ2v) is 5.87. The summed E-state index contributed by atoms with van der Waals surface area (Å²) in [5.41, 5.74) is 6.92. The van der Waals surface area contributed by atoms with Crippen LogP contribution < -0.4 is 10.5 Å². The largest absolute Gasteiger partial charge is 0.465 e. The minimum atomic E-state index is -0.688. The van der Waals surface area contributed by atoms with Crippen molar-refractivity contribution in [2.75, 3.05) is 20.0 Å². The number of aromatic nitrogens is 1. The van der Waals surface area contributed by atoms with Crippen LogP contribution in [0.2, 0.25) is 0 Å². The monoisotopic (exact) mass is 391 g/mol. The van der Waals surface area contributed by atoms with Gasteiger partial charge in [-0.1, -0.05) is 18.2 Å². The van der Waals surface area contributed by atoms with Crippen LogP contribution in [-0.2, 0) is 9.47 Å². The van der Waals surface area contributed by atoms with Crippen LogP contribution in [0.1, 0.15) is 26.4 Å². The lowest BCUT2D eigenvalue weighted by molar-refractivity contribution is 0.0587. The summed E-state index contributed by atoms with van der Waals surface area (Å²) in [6.45, 7) is 0. The predicted octanol–water partition coefficient (Wildman–Crippen LogP) is 3.30. The lowest BCUT2D eigenvalue weighted by atomic mass is 10.2. The Morgan fingerprint density at radius 1 is 1.03 bits per heavy atom. The number of nitriles is 1. The van der Waals surface area contributed by atoms with Gasteiger partial charge in [0, 0.05) is 6.20 Å². The van der Waals surface area contributed by atoms with Gasteiger partial charge in [0.15, 0.2) is 11.4 Å². The molecular weight excluding hydrogens is 374 g/mol. The van der Waals surface area contributed by atoms with E-state index < -0.39 is 11.9 Å². The molecule has 0 bridgehead atoms. The van der Waals surface area contributed by atoms with Crippen molar-refractivity contribution in [2.45, 2.75) is 0 Å². The van der Waals surface area contributed by atoms with Crippen molar-refractivity contribution in [1.29, 1.82) is 5.26 Å². The van der Waals surface area contributed by atoms with E-state index in [0.29, 0.717) is 22.7 Å². The number of hydrogen-bond donors (Lipinski definition) is 1. The minimum Gasteiger partial charge on any atom is -0.465 e. The summed E-state index contributed by atoms with van der Waals surface area (Å²) in [5, 5.41) is 9.30. The first-order valence-electron chi connectivity index (χ1n) is 8.45. The number of ether oxygens (including phenoxy) is 3. The molecule has 0 aliphatic carbocycles. The maximum absolute atomic E-state index is 12.3. The molecule has 0 spiro atoms. The molecule has 146 valence electrons. The normalized spacial score (nSPS) is 10.1. The molecule has 0 atom stereocenters. The van der Waals surface area contributed by atoms with Gasteiger partial charge in [-0.15, -0.1) is 0 Å². The summed E-state index contributed by atoms with van der Waals surface area (Å²) in [6, 6.07) is 15.3. The summed E-state index contributed by atoms with van der Waals surface area (Å²) in [7, 11) is 2.52. The van der Waals surface area contributed by atoms with Crippen LogP contribution in [0.4, 0.5) is 5.69 Å². The summed E-state index contributed by atoms with van der Waals surface area (Å²) in [5.74, 6) is -0.417. The zero-order valence-corrected chi connectivity index (χ0v) is 15.7. The van der Waals surface area contributed by atoms with E-state index in [1.165, 1.54) is 31.0 Å². The molecule has 3 aromatic rings. The number of benzene rings is 2. The number of hydrogen-bond acceptors (Lipinski definition) is 7. The fraction of sp³-hybridized carbons (Fsp3) is 0.0952. The van der Waals surface area contributed by atoms with Gasteiger partial charge in [-0.05, 0) is 30.3 Å². The Morgan fingerprint density at radius 2 is 1.76 bits per heavy atom. The van der Waals surface area contributed by atoms with E-state index in [0.717, 1.165) is 0 Å². The smallest absolute Gasteiger partial charge is 0.357 e. The van der Waals surface area contributed by atoms with Crippen LogP contribution in [0.15, 0.2) is 54.7 Å². The number of anilines is 1. The molecule has 2 aromatic carbocycles. The Hall–Kier alpha value is -4.25. The average Bonchev–Trinajstić information content (AvgIpc) is 3.09. The second-order valence-electron chi connectivity index (χ2n) is 5.87. The summed E-state index contributed by atoms with van der Waals surface area (Å²) < 4.78 is 16.9. The van der Waals surface area contributed by atoms with Crippen molar-refractivity contribution >= 4 is 17.6 Å². The molecule has 29 heavy (non-hydrogen) atoms. The average molecular weight is 391 g/mol. The minimum absolute atomic E-state index is 0.0156. The zero-order valence-electron chi connectivity index (χ0n) is 15.7. The maximum atomic E-state index is 12.3. The highest BCUT2D eigenvalue weighted by Gasteiger charge is 2.23. The third-order valence-electron chi connectivity index (χ3n) is 4.15. The molecule has 0 amide bonds. The predicted molar refractivity (Wildman–Crippen MR) is 104 cm³/mol. The Bertz CT molecular complexity index is 1130. The van der Waals surface area contributed by atoms with Crippen LogP contribution in [0.3, 0.4) is 0 Å². The van der Waals surface area contributed by atoms with Crippen molar-refractivity contribution in [3.8, 4) is 23.3 Å². The fourth-order valence-electron chi connectivity index (χ4n) is 2.78. The Kier molecular flexibility index (Phi) is 5.51. The number of methoxy groups -OCH3 is 2. The number of carbonyl (C=O) groups excluding carboxylic acids is 2. The molecule has 2 N–H and O–H groups in total. The summed E-state index contributed by atoms with van der Waals surface area (Å²) in [6.07, 6.45) is 1.44. The Morgan fingerprint density at radius 3 is 2.45 bits per heavy atom. The van der Waals surface area contributed by atoms with Crippen LogP contribution in [0.5, 0.6) is 11.5 Å². The molecule has 0 saturated carbocycles. The summed E-state index contributed by atoms with van der Waals surface area (Å²) >= 11 is 0. The van der Waals surface area contributed by atoms with Gasteiger partial charge in [-0.3, -0.25) is 0 Å². The lowest BCUT2D eigenvalue weighted by Crippen LogP contribution is -2.11. The molecular formula is C21H17N3O5. The van der Waals surface area contributed by atoms with E-state index >= 15 is 0 Å². The molecule has 0 aliphatic rings. The topological polar surface area (TPSA) is 117 Å². The van der Waals surface area contributed by atoms with Gasteiger partial charge in [0.25, 0.3) is 0 Å². The van der Waals surface area contributed by atoms with Gasteiger partial charge >= 0.3 is 11.9 Å². The van der Waals surface area contributed by atoms with Gasteiger partial charge in [-0.25, -0.2) is 9.59 Å². The molecule has 0 radical (unpaired) electrons. The van der Waals surface area contributed by atoms with Crippen molar-refractivity contribution in [2.24, 2.45) is 0 Å². The van der Waals surface area contributed by atoms with Gasteiger partial charge < -0.3 is 24.5 Å². The Labute approximate surface area is 166 Å². The Balaban J connectivity index is 2.09. The highest BCUT2D eigenvalue weighted by Crippen LogP contribution is 2.32. The number of rotatable bonds is 5.